The standard InChI is InChI=1S/C18H20N4/c1-14-11-15(2)17(18(12-14)22-10-6-9-20-22)13-19-21-16-7-4-3-5-8-16/h3-12,19,21H,13H2,1-2H3. The van der Waals surface area contributed by atoms with E-state index in [2.05, 4.69) is 41.9 Å². The number of rotatable bonds is 5. The van der Waals surface area contributed by atoms with Crippen molar-refractivity contribution in [2.75, 3.05) is 5.43 Å². The topological polar surface area (TPSA) is 41.9 Å². The second-order valence-corrected chi connectivity index (χ2v) is 5.37. The average molecular weight is 292 g/mol. The Labute approximate surface area is 130 Å². The van der Waals surface area contributed by atoms with Gasteiger partial charge in [0.2, 0.25) is 0 Å². The molecule has 0 unspecified atom stereocenters. The molecule has 0 radical (unpaired) electrons. The number of anilines is 1. The molecule has 2 aromatic carbocycles. The Hall–Kier alpha value is -2.59. The third-order valence-electron chi connectivity index (χ3n) is 3.62. The van der Waals surface area contributed by atoms with E-state index in [0.29, 0.717) is 0 Å². The van der Waals surface area contributed by atoms with Crippen LogP contribution < -0.4 is 10.9 Å². The number of para-hydroxylation sites is 1. The van der Waals surface area contributed by atoms with E-state index in [9.17, 15) is 0 Å². The van der Waals surface area contributed by atoms with Gasteiger partial charge in [0.1, 0.15) is 0 Å². The first-order valence-electron chi connectivity index (χ1n) is 7.38. The van der Waals surface area contributed by atoms with Crippen LogP contribution in [0.15, 0.2) is 60.9 Å². The maximum atomic E-state index is 4.36. The van der Waals surface area contributed by atoms with Gasteiger partial charge in [0.05, 0.1) is 5.69 Å². The van der Waals surface area contributed by atoms with Crippen LogP contribution in [-0.2, 0) is 6.54 Å². The van der Waals surface area contributed by atoms with Gasteiger partial charge in [-0.15, -0.1) is 0 Å². The first-order valence-corrected chi connectivity index (χ1v) is 7.38. The molecule has 0 atom stereocenters. The van der Waals surface area contributed by atoms with Gasteiger partial charge in [-0.2, -0.15) is 5.10 Å². The zero-order valence-corrected chi connectivity index (χ0v) is 12.9. The van der Waals surface area contributed by atoms with E-state index in [4.69, 9.17) is 0 Å². The summed E-state index contributed by atoms with van der Waals surface area (Å²) in [4.78, 5) is 0. The Balaban J connectivity index is 1.81. The van der Waals surface area contributed by atoms with Gasteiger partial charge in [0.15, 0.2) is 0 Å². The molecule has 0 bridgehead atoms. The number of aryl methyl sites for hydroxylation is 2. The van der Waals surface area contributed by atoms with E-state index in [1.807, 2.05) is 47.3 Å². The fraction of sp³-hybridized carbons (Fsp3) is 0.167. The van der Waals surface area contributed by atoms with Gasteiger partial charge in [0, 0.05) is 24.6 Å². The second kappa shape index (κ2) is 6.45. The molecule has 0 spiro atoms. The molecule has 0 saturated heterocycles. The first kappa shape index (κ1) is 14.4. The van der Waals surface area contributed by atoms with Crippen LogP contribution in [0.2, 0.25) is 0 Å². The van der Waals surface area contributed by atoms with Crippen LogP contribution in [0.1, 0.15) is 16.7 Å². The van der Waals surface area contributed by atoms with Crippen molar-refractivity contribution >= 4 is 5.69 Å². The Morgan fingerprint density at radius 2 is 1.86 bits per heavy atom. The molecule has 0 fully saturated rings. The molecule has 0 aliphatic heterocycles. The largest absolute Gasteiger partial charge is 0.321 e. The van der Waals surface area contributed by atoms with Crippen LogP contribution in [0.25, 0.3) is 5.69 Å². The van der Waals surface area contributed by atoms with Crippen LogP contribution in [-0.4, -0.2) is 9.78 Å². The third-order valence-corrected chi connectivity index (χ3v) is 3.62. The summed E-state index contributed by atoms with van der Waals surface area (Å²) in [5, 5.41) is 4.36. The SMILES string of the molecule is Cc1cc(C)c(CNNc2ccccc2)c(-n2cccn2)c1. The fourth-order valence-corrected chi connectivity index (χ4v) is 2.58. The minimum absolute atomic E-state index is 0.718. The van der Waals surface area contributed by atoms with Gasteiger partial charge in [0.25, 0.3) is 0 Å². The van der Waals surface area contributed by atoms with Crippen molar-refractivity contribution in [1.29, 1.82) is 0 Å². The number of benzene rings is 2. The molecule has 22 heavy (non-hydrogen) atoms. The molecule has 3 rings (SSSR count). The monoisotopic (exact) mass is 292 g/mol. The van der Waals surface area contributed by atoms with Crippen molar-refractivity contribution in [1.82, 2.24) is 15.2 Å². The minimum Gasteiger partial charge on any atom is -0.321 e. The van der Waals surface area contributed by atoms with Gasteiger partial charge in [-0.25, -0.2) is 10.1 Å². The van der Waals surface area contributed by atoms with Gasteiger partial charge < -0.3 is 5.43 Å². The van der Waals surface area contributed by atoms with E-state index < -0.39 is 0 Å². The van der Waals surface area contributed by atoms with Gasteiger partial charge in [-0.3, -0.25) is 0 Å². The summed E-state index contributed by atoms with van der Waals surface area (Å²) in [5.41, 5.74) is 12.4. The molecule has 4 heteroatoms. The fourth-order valence-electron chi connectivity index (χ4n) is 2.58. The van der Waals surface area contributed by atoms with Gasteiger partial charge in [-0.05, 0) is 54.8 Å². The minimum atomic E-state index is 0.718. The molecule has 3 aromatic rings. The molecular weight excluding hydrogens is 272 g/mol. The Morgan fingerprint density at radius 1 is 1.05 bits per heavy atom. The average Bonchev–Trinajstić information content (AvgIpc) is 3.04. The Kier molecular flexibility index (Phi) is 4.21. The molecule has 4 nitrogen and oxygen atoms in total. The van der Waals surface area contributed by atoms with Crippen LogP contribution in [0, 0.1) is 13.8 Å². The molecule has 0 amide bonds. The van der Waals surface area contributed by atoms with E-state index in [-0.39, 0.29) is 0 Å². The predicted molar refractivity (Wildman–Crippen MR) is 89.9 cm³/mol. The van der Waals surface area contributed by atoms with Gasteiger partial charge in [-0.1, -0.05) is 24.3 Å². The lowest BCUT2D eigenvalue weighted by Gasteiger charge is -2.16. The van der Waals surface area contributed by atoms with Crippen LogP contribution in [0.3, 0.4) is 0 Å². The van der Waals surface area contributed by atoms with E-state index in [0.717, 1.165) is 17.9 Å². The Morgan fingerprint density at radius 3 is 2.59 bits per heavy atom. The van der Waals surface area contributed by atoms with Crippen molar-refractivity contribution in [3.63, 3.8) is 0 Å². The predicted octanol–water partition coefficient (Wildman–Crippen LogP) is 3.61. The summed E-state index contributed by atoms with van der Waals surface area (Å²) in [5.74, 6) is 0. The highest BCUT2D eigenvalue weighted by Crippen LogP contribution is 2.20. The molecular formula is C18H20N4. The molecule has 0 saturated carbocycles. The molecule has 0 aliphatic carbocycles. The zero-order chi connectivity index (χ0) is 15.4. The first-order chi connectivity index (χ1) is 10.7. The van der Waals surface area contributed by atoms with Crippen LogP contribution >= 0.6 is 0 Å². The molecule has 0 aliphatic rings. The van der Waals surface area contributed by atoms with Crippen molar-refractivity contribution in [3.05, 3.63) is 77.6 Å². The number of nitrogens with zero attached hydrogens (tertiary/aromatic N) is 2. The highest BCUT2D eigenvalue weighted by molar-refractivity contribution is 5.48. The number of hydrazine groups is 1. The van der Waals surface area contributed by atoms with Crippen molar-refractivity contribution < 1.29 is 0 Å². The summed E-state index contributed by atoms with van der Waals surface area (Å²) in [6, 6.07) is 16.4. The maximum Gasteiger partial charge on any atom is 0.0696 e. The highest BCUT2D eigenvalue weighted by atomic mass is 15.4. The van der Waals surface area contributed by atoms with Crippen LogP contribution in [0.4, 0.5) is 5.69 Å². The zero-order valence-electron chi connectivity index (χ0n) is 12.9. The maximum absolute atomic E-state index is 4.36. The van der Waals surface area contributed by atoms with Crippen LogP contribution in [0.5, 0.6) is 0 Å². The lowest BCUT2D eigenvalue weighted by atomic mass is 10.0. The number of nitrogens with one attached hydrogen (secondary N) is 2. The highest BCUT2D eigenvalue weighted by Gasteiger charge is 2.09. The number of aromatic nitrogens is 2. The molecule has 112 valence electrons. The van der Waals surface area contributed by atoms with Crippen molar-refractivity contribution in [3.8, 4) is 5.69 Å². The molecule has 1 heterocycles. The van der Waals surface area contributed by atoms with Crippen molar-refractivity contribution in [2.24, 2.45) is 0 Å². The lowest BCUT2D eigenvalue weighted by Crippen LogP contribution is -2.22. The summed E-state index contributed by atoms with van der Waals surface area (Å²) in [6.45, 7) is 4.97. The quantitative estimate of drug-likeness (QED) is 0.706. The number of hydrogen-bond acceptors (Lipinski definition) is 3. The normalized spacial score (nSPS) is 10.6. The van der Waals surface area contributed by atoms with E-state index in [1.165, 1.54) is 16.7 Å². The third kappa shape index (κ3) is 3.18. The smallest absolute Gasteiger partial charge is 0.0696 e. The van der Waals surface area contributed by atoms with E-state index >= 15 is 0 Å². The Bertz CT molecular complexity index is 733. The summed E-state index contributed by atoms with van der Waals surface area (Å²) >= 11 is 0. The summed E-state index contributed by atoms with van der Waals surface area (Å²) < 4.78 is 1.92. The number of hydrogen-bond donors (Lipinski definition) is 2. The van der Waals surface area contributed by atoms with E-state index in [1.54, 1.807) is 6.20 Å². The van der Waals surface area contributed by atoms with Crippen molar-refractivity contribution in [2.45, 2.75) is 20.4 Å². The molecule has 2 N–H and O–H groups in total. The summed E-state index contributed by atoms with van der Waals surface area (Å²) in [7, 11) is 0. The lowest BCUT2D eigenvalue weighted by molar-refractivity contribution is 0.772. The second-order valence-electron chi connectivity index (χ2n) is 5.37. The summed E-state index contributed by atoms with van der Waals surface area (Å²) in [6.07, 6.45) is 3.78. The van der Waals surface area contributed by atoms with Gasteiger partial charge >= 0.3 is 0 Å². The molecule has 1 aromatic heterocycles.